The molecule has 2 aliphatic heterocycles. The number of carbonyl (C=O) groups is 4. The molecule has 0 bridgehead atoms. The Morgan fingerprint density at radius 1 is 0.444 bits per heavy atom. The molecule has 0 atom stereocenters. The summed E-state index contributed by atoms with van der Waals surface area (Å²) >= 11 is 0. The van der Waals surface area contributed by atoms with Gasteiger partial charge in [0.05, 0.1) is 28.2 Å². The van der Waals surface area contributed by atoms with Crippen molar-refractivity contribution in [3.8, 4) is 0 Å². The fraction of sp³-hybridized carbons (Fsp3) is 0.319. The molecule has 7 nitrogen and oxygen atoms in total. The molecule has 0 radical (unpaired) electrons. The lowest BCUT2D eigenvalue weighted by atomic mass is 9.84. The maximum atomic E-state index is 15.0. The third kappa shape index (κ3) is 5.31. The van der Waals surface area contributed by atoms with Crippen LogP contribution in [-0.2, 0) is 0 Å². The van der Waals surface area contributed by atoms with Crippen molar-refractivity contribution in [2.24, 2.45) is 0 Å². The van der Waals surface area contributed by atoms with Crippen molar-refractivity contribution < 1.29 is 19.2 Å². The summed E-state index contributed by atoms with van der Waals surface area (Å²) in [6.07, 6.45) is 13.8. The van der Waals surface area contributed by atoms with Gasteiger partial charge < -0.3 is 5.32 Å². The van der Waals surface area contributed by atoms with E-state index in [0.29, 0.717) is 67.8 Å². The Balaban J connectivity index is 1.13. The third-order valence-electron chi connectivity index (χ3n) is 12.9. The van der Waals surface area contributed by atoms with Crippen LogP contribution in [0.1, 0.15) is 153 Å². The van der Waals surface area contributed by atoms with Crippen molar-refractivity contribution in [3.63, 3.8) is 0 Å². The van der Waals surface area contributed by atoms with E-state index in [9.17, 15) is 19.2 Å². The van der Waals surface area contributed by atoms with Crippen molar-refractivity contribution in [2.45, 2.75) is 94.8 Å². The van der Waals surface area contributed by atoms with Crippen molar-refractivity contribution in [1.82, 2.24) is 0 Å². The molecule has 7 heteroatoms. The van der Waals surface area contributed by atoms with Crippen molar-refractivity contribution >= 4 is 57.2 Å². The molecule has 0 aromatic heterocycles. The number of benzene rings is 5. The highest BCUT2D eigenvalue weighted by Gasteiger charge is 2.42. The molecule has 54 heavy (non-hydrogen) atoms. The summed E-state index contributed by atoms with van der Waals surface area (Å²) in [5.41, 5.74) is 7.03. The van der Waals surface area contributed by atoms with Gasteiger partial charge in [-0.25, -0.2) is 9.80 Å². The third-order valence-corrected chi connectivity index (χ3v) is 12.9. The molecule has 3 aliphatic carbocycles. The lowest BCUT2D eigenvalue weighted by molar-refractivity contribution is 0.0873. The van der Waals surface area contributed by atoms with E-state index in [1.54, 1.807) is 18.2 Å². The number of rotatable bonds is 7. The Kier molecular flexibility index (Phi) is 8.00. The van der Waals surface area contributed by atoms with Gasteiger partial charge in [-0.05, 0) is 128 Å². The van der Waals surface area contributed by atoms with Crippen LogP contribution in [0.25, 0.3) is 10.8 Å². The molecule has 10 rings (SSSR count). The summed E-state index contributed by atoms with van der Waals surface area (Å²) in [5.74, 6) is -0.546. The molecule has 5 aromatic rings. The van der Waals surface area contributed by atoms with Gasteiger partial charge in [0.1, 0.15) is 0 Å². The minimum Gasteiger partial charge on any atom is -0.355 e. The molecule has 1 N–H and O–H groups in total. The summed E-state index contributed by atoms with van der Waals surface area (Å²) < 4.78 is 0. The fourth-order valence-corrected chi connectivity index (χ4v) is 10.2. The summed E-state index contributed by atoms with van der Waals surface area (Å²) in [6, 6.07) is 29.0. The fourth-order valence-electron chi connectivity index (χ4n) is 10.2. The summed E-state index contributed by atoms with van der Waals surface area (Å²) in [5, 5.41) is 4.28. The Labute approximate surface area is 315 Å². The Bertz CT molecular complexity index is 2400. The monoisotopic (exact) mass is 713 g/mol. The molecule has 270 valence electrons. The number of anilines is 4. The van der Waals surface area contributed by atoms with E-state index in [-0.39, 0.29) is 0 Å². The van der Waals surface area contributed by atoms with Crippen LogP contribution in [0.2, 0.25) is 0 Å². The van der Waals surface area contributed by atoms with Gasteiger partial charge in [-0.1, -0.05) is 74.9 Å². The standard InChI is InChI=1S/C47H43N3O4/c51-44-37-22-23-38-42-41(37)39(46(53)49(44)35-20-8-17-32(25-35)29-12-3-4-13-29)27-40(48-34-19-7-16-31(24-34)28-10-1-2-11-28)43(42)47(54)50(45(38)52)36-21-9-18-33(26-36)30-14-5-6-15-30/h7-9,16-30,48H,1-6,10-15H2. The van der Waals surface area contributed by atoms with Crippen LogP contribution >= 0.6 is 0 Å². The van der Waals surface area contributed by atoms with Crippen LogP contribution in [0.5, 0.6) is 0 Å². The van der Waals surface area contributed by atoms with Gasteiger partial charge >= 0.3 is 0 Å². The van der Waals surface area contributed by atoms with Gasteiger partial charge in [0, 0.05) is 27.6 Å². The summed E-state index contributed by atoms with van der Waals surface area (Å²) in [4.78, 5) is 61.2. The van der Waals surface area contributed by atoms with E-state index in [1.165, 1.54) is 53.9 Å². The average molecular weight is 714 g/mol. The lowest BCUT2D eigenvalue weighted by Crippen LogP contribution is -2.44. The van der Waals surface area contributed by atoms with Crippen LogP contribution in [0, 0.1) is 0 Å². The van der Waals surface area contributed by atoms with Crippen LogP contribution < -0.4 is 15.1 Å². The summed E-state index contributed by atoms with van der Waals surface area (Å²) in [6.45, 7) is 0. The zero-order chi connectivity index (χ0) is 36.5. The van der Waals surface area contributed by atoms with Gasteiger partial charge in [-0.3, -0.25) is 19.2 Å². The summed E-state index contributed by atoms with van der Waals surface area (Å²) in [7, 11) is 0. The second kappa shape index (κ2) is 13.1. The minimum atomic E-state index is -0.471. The highest BCUT2D eigenvalue weighted by Crippen LogP contribution is 2.46. The number of carbonyl (C=O) groups excluding carboxylic acids is 4. The highest BCUT2D eigenvalue weighted by molar-refractivity contribution is 6.43. The maximum Gasteiger partial charge on any atom is 0.268 e. The SMILES string of the molecule is O=C1c2ccc3c4c(c(Nc5cccc(C6CCCC6)c5)cc(c24)C(=O)N1c1cccc(C2CCCC2)c1)C(=O)N(c1cccc(C2CCCC2)c1)C3=O. The minimum absolute atomic E-state index is 0.292. The highest BCUT2D eigenvalue weighted by atomic mass is 16.2. The zero-order valence-electron chi connectivity index (χ0n) is 30.4. The lowest BCUT2D eigenvalue weighted by Gasteiger charge is -2.33. The molecule has 0 saturated heterocycles. The average Bonchev–Trinajstić information content (AvgIpc) is 4.02. The molecule has 3 saturated carbocycles. The molecule has 4 amide bonds. The van der Waals surface area contributed by atoms with E-state index in [0.717, 1.165) is 55.3 Å². The Morgan fingerprint density at radius 2 is 0.889 bits per heavy atom. The molecule has 5 aromatic carbocycles. The van der Waals surface area contributed by atoms with Gasteiger partial charge in [-0.2, -0.15) is 0 Å². The van der Waals surface area contributed by atoms with Gasteiger partial charge in [-0.15, -0.1) is 0 Å². The molecule has 0 unspecified atom stereocenters. The van der Waals surface area contributed by atoms with Crippen LogP contribution in [-0.4, -0.2) is 23.6 Å². The molecule has 0 spiro atoms. The van der Waals surface area contributed by atoms with E-state index < -0.39 is 23.6 Å². The van der Waals surface area contributed by atoms with E-state index in [2.05, 4.69) is 29.6 Å². The predicted molar refractivity (Wildman–Crippen MR) is 212 cm³/mol. The molecular weight excluding hydrogens is 671 g/mol. The smallest absolute Gasteiger partial charge is 0.268 e. The van der Waals surface area contributed by atoms with Crippen LogP contribution in [0.15, 0.2) is 91.0 Å². The van der Waals surface area contributed by atoms with Gasteiger partial charge in [0.2, 0.25) is 0 Å². The first-order chi connectivity index (χ1) is 26.4. The zero-order valence-corrected chi connectivity index (χ0v) is 30.4. The number of amides is 4. The second-order valence-corrected chi connectivity index (χ2v) is 16.0. The number of hydrogen-bond donors (Lipinski definition) is 1. The number of nitrogens with one attached hydrogen (secondary N) is 1. The number of imide groups is 2. The predicted octanol–water partition coefficient (Wildman–Crippen LogP) is 11.2. The maximum absolute atomic E-state index is 15.0. The Morgan fingerprint density at radius 3 is 1.43 bits per heavy atom. The van der Waals surface area contributed by atoms with Crippen LogP contribution in [0.4, 0.5) is 22.7 Å². The van der Waals surface area contributed by atoms with Crippen molar-refractivity contribution in [2.75, 3.05) is 15.1 Å². The number of hydrogen-bond acceptors (Lipinski definition) is 5. The van der Waals surface area contributed by atoms with E-state index >= 15 is 0 Å². The molecule has 2 heterocycles. The van der Waals surface area contributed by atoms with Gasteiger partial charge in [0.15, 0.2) is 0 Å². The normalized spacial score (nSPS) is 19.2. The van der Waals surface area contributed by atoms with Crippen molar-refractivity contribution in [3.05, 3.63) is 130 Å². The molecule has 5 aliphatic rings. The second-order valence-electron chi connectivity index (χ2n) is 16.0. The van der Waals surface area contributed by atoms with Crippen LogP contribution in [0.3, 0.4) is 0 Å². The van der Waals surface area contributed by atoms with Crippen molar-refractivity contribution in [1.29, 1.82) is 0 Å². The van der Waals surface area contributed by atoms with Gasteiger partial charge in [0.25, 0.3) is 23.6 Å². The Hall–Kier alpha value is -5.56. The largest absolute Gasteiger partial charge is 0.355 e. The topological polar surface area (TPSA) is 86.8 Å². The first kappa shape index (κ1) is 33.0. The van der Waals surface area contributed by atoms with E-state index in [4.69, 9.17) is 0 Å². The molecular formula is C47H43N3O4. The first-order valence-corrected chi connectivity index (χ1v) is 19.9. The van der Waals surface area contributed by atoms with E-state index in [1.807, 2.05) is 48.5 Å². The number of nitrogens with zero attached hydrogens (tertiary/aromatic N) is 2. The molecule has 3 fully saturated rings. The first-order valence-electron chi connectivity index (χ1n) is 19.9. The quantitative estimate of drug-likeness (QED) is 0.170.